The van der Waals surface area contributed by atoms with E-state index in [1.54, 1.807) is 0 Å². The fourth-order valence-corrected chi connectivity index (χ4v) is 4.74. The molecule has 1 aliphatic heterocycles. The van der Waals surface area contributed by atoms with Gasteiger partial charge < -0.3 is 15.5 Å². The summed E-state index contributed by atoms with van der Waals surface area (Å²) >= 11 is 8.89. The number of thiazole rings is 1. The molecule has 1 amide bonds. The van der Waals surface area contributed by atoms with Gasteiger partial charge in [-0.15, -0.1) is 22.7 Å². The monoisotopic (exact) mass is 384 g/mol. The van der Waals surface area contributed by atoms with Crippen LogP contribution in [0.4, 0.5) is 0 Å². The highest BCUT2D eigenvalue weighted by atomic mass is 35.5. The first-order chi connectivity index (χ1) is 11.6. The second-order valence-electron chi connectivity index (χ2n) is 5.74. The summed E-state index contributed by atoms with van der Waals surface area (Å²) in [6.07, 6.45) is 0.969. The maximum absolute atomic E-state index is 12.4. The van der Waals surface area contributed by atoms with E-state index in [0.717, 1.165) is 59.1 Å². The van der Waals surface area contributed by atoms with Crippen molar-refractivity contribution in [3.8, 4) is 9.88 Å². The number of aromatic nitrogens is 1. The van der Waals surface area contributed by atoms with Crippen LogP contribution in [0.25, 0.3) is 9.88 Å². The minimum atomic E-state index is -0.0285. The summed E-state index contributed by atoms with van der Waals surface area (Å²) in [5.41, 5.74) is 0.777. The predicted molar refractivity (Wildman–Crippen MR) is 101 cm³/mol. The first-order valence-electron chi connectivity index (χ1n) is 8.08. The Hall–Kier alpha value is -0.990. The number of rotatable bonds is 6. The van der Waals surface area contributed by atoms with Crippen molar-refractivity contribution >= 4 is 40.2 Å². The van der Waals surface area contributed by atoms with E-state index in [-0.39, 0.29) is 5.91 Å². The number of carbonyl (C=O) groups is 1. The number of amides is 1. The van der Waals surface area contributed by atoms with Crippen LogP contribution in [0.1, 0.15) is 21.8 Å². The van der Waals surface area contributed by atoms with Gasteiger partial charge in [-0.25, -0.2) is 4.98 Å². The lowest BCUT2D eigenvalue weighted by Crippen LogP contribution is -2.44. The van der Waals surface area contributed by atoms with Gasteiger partial charge in [0.15, 0.2) is 0 Å². The fourth-order valence-electron chi connectivity index (χ4n) is 2.66. The normalized spacial score (nSPS) is 15.6. The number of thiophene rings is 1. The van der Waals surface area contributed by atoms with E-state index >= 15 is 0 Å². The highest BCUT2D eigenvalue weighted by molar-refractivity contribution is 7.24. The van der Waals surface area contributed by atoms with Crippen molar-refractivity contribution in [3.05, 3.63) is 27.0 Å². The fraction of sp³-hybridized carbons (Fsp3) is 0.500. The number of nitrogens with one attached hydrogen (secondary N) is 2. The zero-order chi connectivity index (χ0) is 16.9. The average molecular weight is 385 g/mol. The van der Waals surface area contributed by atoms with E-state index in [0.29, 0.717) is 11.4 Å². The second-order valence-corrected chi connectivity index (χ2v) is 8.45. The molecule has 0 unspecified atom stereocenters. The van der Waals surface area contributed by atoms with Gasteiger partial charge in [-0.05, 0) is 32.0 Å². The van der Waals surface area contributed by atoms with Crippen LogP contribution in [0.5, 0.6) is 0 Å². The van der Waals surface area contributed by atoms with Crippen molar-refractivity contribution in [2.24, 2.45) is 0 Å². The SMILES string of the molecule is Cc1nc(-c2ccc(Cl)s2)sc1C(=O)NCCCN1CCNCC1. The molecule has 0 bridgehead atoms. The van der Waals surface area contributed by atoms with Gasteiger partial charge >= 0.3 is 0 Å². The summed E-state index contributed by atoms with van der Waals surface area (Å²) in [6, 6.07) is 3.80. The Balaban J connectivity index is 1.50. The molecule has 2 aromatic heterocycles. The summed E-state index contributed by atoms with van der Waals surface area (Å²) in [4.78, 5) is 21.0. The number of hydrogen-bond acceptors (Lipinski definition) is 6. The van der Waals surface area contributed by atoms with Crippen molar-refractivity contribution in [3.63, 3.8) is 0 Å². The standard InChI is InChI=1S/C16H21ClN4OS2/c1-11-14(24-16(20-11)12-3-4-13(17)23-12)15(22)19-5-2-8-21-9-6-18-7-10-21/h3-4,18H,2,5-10H2,1H3,(H,19,22). The number of piperazine rings is 1. The smallest absolute Gasteiger partial charge is 0.263 e. The van der Waals surface area contributed by atoms with Gasteiger partial charge in [0.2, 0.25) is 0 Å². The Labute approximate surface area is 155 Å². The topological polar surface area (TPSA) is 57.3 Å². The van der Waals surface area contributed by atoms with Gasteiger partial charge in [0, 0.05) is 32.7 Å². The second kappa shape index (κ2) is 8.40. The largest absolute Gasteiger partial charge is 0.351 e. The lowest BCUT2D eigenvalue weighted by atomic mass is 10.3. The summed E-state index contributed by atoms with van der Waals surface area (Å²) in [5.74, 6) is -0.0285. The Morgan fingerprint density at radius 1 is 1.38 bits per heavy atom. The Bertz CT molecular complexity index is 694. The summed E-state index contributed by atoms with van der Waals surface area (Å²) in [7, 11) is 0. The van der Waals surface area contributed by atoms with Gasteiger partial charge in [0.1, 0.15) is 9.88 Å². The molecule has 1 aliphatic rings. The van der Waals surface area contributed by atoms with Crippen molar-refractivity contribution < 1.29 is 4.79 Å². The van der Waals surface area contributed by atoms with Crippen molar-refractivity contribution in [1.29, 1.82) is 0 Å². The number of hydrogen-bond donors (Lipinski definition) is 2. The summed E-state index contributed by atoms with van der Waals surface area (Å²) in [5, 5.41) is 7.22. The molecule has 24 heavy (non-hydrogen) atoms. The quantitative estimate of drug-likeness (QED) is 0.752. The molecule has 0 saturated carbocycles. The van der Waals surface area contributed by atoms with E-state index < -0.39 is 0 Å². The third-order valence-electron chi connectivity index (χ3n) is 3.93. The minimum Gasteiger partial charge on any atom is -0.351 e. The molecule has 8 heteroatoms. The molecular weight excluding hydrogens is 364 g/mol. The van der Waals surface area contributed by atoms with Crippen LogP contribution in [0.3, 0.4) is 0 Å². The Kier molecular flexibility index (Phi) is 6.24. The predicted octanol–water partition coefficient (Wildman–Crippen LogP) is 2.86. The summed E-state index contributed by atoms with van der Waals surface area (Å²) < 4.78 is 0.733. The molecular formula is C16H21ClN4OS2. The van der Waals surface area contributed by atoms with Gasteiger partial charge in [0.25, 0.3) is 5.91 Å². The first kappa shape index (κ1) is 17.8. The molecule has 2 aromatic rings. The molecule has 0 aromatic carbocycles. The van der Waals surface area contributed by atoms with E-state index in [2.05, 4.69) is 20.5 Å². The maximum Gasteiger partial charge on any atom is 0.263 e. The summed E-state index contributed by atoms with van der Waals surface area (Å²) in [6.45, 7) is 7.90. The highest BCUT2D eigenvalue weighted by Gasteiger charge is 2.17. The highest BCUT2D eigenvalue weighted by Crippen LogP contribution is 2.34. The van der Waals surface area contributed by atoms with E-state index in [4.69, 9.17) is 11.6 Å². The van der Waals surface area contributed by atoms with Gasteiger partial charge in [0.05, 0.1) is 14.9 Å². The van der Waals surface area contributed by atoms with E-state index in [1.165, 1.54) is 22.7 Å². The van der Waals surface area contributed by atoms with Crippen molar-refractivity contribution in [2.75, 3.05) is 39.3 Å². The first-order valence-corrected chi connectivity index (χ1v) is 10.1. The third-order valence-corrected chi connectivity index (χ3v) is 6.49. The Morgan fingerprint density at radius 3 is 2.88 bits per heavy atom. The van der Waals surface area contributed by atoms with Crippen LogP contribution in [-0.2, 0) is 0 Å². The molecule has 3 rings (SSSR count). The molecule has 1 fully saturated rings. The lowest BCUT2D eigenvalue weighted by molar-refractivity contribution is 0.0954. The molecule has 0 radical (unpaired) electrons. The van der Waals surface area contributed by atoms with Crippen LogP contribution in [0.15, 0.2) is 12.1 Å². The van der Waals surface area contributed by atoms with Crippen LogP contribution < -0.4 is 10.6 Å². The third kappa shape index (κ3) is 4.55. The van der Waals surface area contributed by atoms with Gasteiger partial charge in [-0.2, -0.15) is 0 Å². The molecule has 0 atom stereocenters. The van der Waals surface area contributed by atoms with Gasteiger partial charge in [-0.3, -0.25) is 4.79 Å². The average Bonchev–Trinajstić information content (AvgIpc) is 3.18. The van der Waals surface area contributed by atoms with Crippen LogP contribution in [-0.4, -0.2) is 55.1 Å². The van der Waals surface area contributed by atoms with Crippen molar-refractivity contribution in [1.82, 2.24) is 20.5 Å². The van der Waals surface area contributed by atoms with Crippen LogP contribution in [0, 0.1) is 6.92 Å². The number of nitrogens with zero attached hydrogens (tertiary/aromatic N) is 2. The Morgan fingerprint density at radius 2 is 2.17 bits per heavy atom. The molecule has 1 saturated heterocycles. The van der Waals surface area contributed by atoms with Gasteiger partial charge in [-0.1, -0.05) is 11.6 Å². The zero-order valence-electron chi connectivity index (χ0n) is 13.6. The zero-order valence-corrected chi connectivity index (χ0v) is 16.0. The molecule has 3 heterocycles. The van der Waals surface area contributed by atoms with Crippen molar-refractivity contribution in [2.45, 2.75) is 13.3 Å². The van der Waals surface area contributed by atoms with Crippen LogP contribution >= 0.6 is 34.3 Å². The number of halogens is 1. The van der Waals surface area contributed by atoms with Crippen LogP contribution in [0.2, 0.25) is 4.34 Å². The number of aryl methyl sites for hydroxylation is 1. The van der Waals surface area contributed by atoms with E-state index in [9.17, 15) is 4.79 Å². The molecule has 2 N–H and O–H groups in total. The number of carbonyl (C=O) groups excluding carboxylic acids is 1. The maximum atomic E-state index is 12.4. The molecule has 0 aliphatic carbocycles. The lowest BCUT2D eigenvalue weighted by Gasteiger charge is -2.27. The molecule has 130 valence electrons. The minimum absolute atomic E-state index is 0.0285. The van der Waals surface area contributed by atoms with E-state index in [1.807, 2.05) is 19.1 Å². The molecule has 0 spiro atoms. The molecule has 5 nitrogen and oxygen atoms in total.